The molecule has 6 heterocycles. The van der Waals surface area contributed by atoms with E-state index in [1.54, 1.807) is 0 Å². The second kappa shape index (κ2) is 10.8. The van der Waals surface area contributed by atoms with Gasteiger partial charge < -0.3 is 40.6 Å². The molecule has 0 saturated carbocycles. The molecule has 42 heavy (non-hydrogen) atoms. The van der Waals surface area contributed by atoms with Gasteiger partial charge in [-0.3, -0.25) is 23.4 Å². The number of H-pyrrole nitrogens is 1. The Hall–Kier alpha value is -3.27. The second-order valence-corrected chi connectivity index (χ2v) is 12.2. The Kier molecular flexibility index (Phi) is 7.40. The van der Waals surface area contributed by atoms with E-state index >= 15 is 8.78 Å². The fraction of sp³-hybridized carbons (Fsp3) is 0.500. The number of alkyl halides is 2. The van der Waals surface area contributed by atoms with Gasteiger partial charge >= 0.3 is 6.72 Å². The lowest BCUT2D eigenvalue weighted by molar-refractivity contribution is -0.0553. The summed E-state index contributed by atoms with van der Waals surface area (Å²) < 4.78 is 54.7. The van der Waals surface area contributed by atoms with Crippen molar-refractivity contribution < 1.29 is 42.4 Å². The van der Waals surface area contributed by atoms with E-state index in [9.17, 15) is 19.9 Å². The van der Waals surface area contributed by atoms with E-state index in [0.717, 1.165) is 17.2 Å². The molecule has 4 aromatic rings. The lowest BCUT2D eigenvalue weighted by Gasteiger charge is -2.26. The van der Waals surface area contributed by atoms with Gasteiger partial charge in [0.1, 0.15) is 36.3 Å². The number of hydrogen-bond acceptors (Lipinski definition) is 15. The lowest BCUT2D eigenvalue weighted by Crippen LogP contribution is -2.33. The second-order valence-electron chi connectivity index (χ2n) is 9.38. The summed E-state index contributed by atoms with van der Waals surface area (Å²) in [5, 5.41) is 20.1. The molecule has 2 saturated heterocycles. The number of nitrogen functional groups attached to an aromatic ring is 2. The highest BCUT2D eigenvalue weighted by atomic mass is 32.5. The van der Waals surface area contributed by atoms with Gasteiger partial charge in [0.15, 0.2) is 47.4 Å². The summed E-state index contributed by atoms with van der Waals surface area (Å²) in [6.07, 6.45) is -9.52. The minimum Gasteiger partial charge on any atom is -0.394 e. The van der Waals surface area contributed by atoms with E-state index in [-0.39, 0.29) is 34.1 Å². The van der Waals surface area contributed by atoms with E-state index in [1.807, 2.05) is 0 Å². The van der Waals surface area contributed by atoms with Crippen molar-refractivity contribution in [1.29, 1.82) is 0 Å². The number of rotatable bonds is 8. The fourth-order valence-electron chi connectivity index (χ4n) is 4.78. The van der Waals surface area contributed by atoms with Gasteiger partial charge in [-0.05, 0) is 11.8 Å². The lowest BCUT2D eigenvalue weighted by atomic mass is 10.1. The van der Waals surface area contributed by atoms with Crippen molar-refractivity contribution in [2.24, 2.45) is 0 Å². The Morgan fingerprint density at radius 2 is 1.74 bits per heavy atom. The molecule has 8 N–H and O–H groups in total. The minimum atomic E-state index is -4.34. The van der Waals surface area contributed by atoms with E-state index < -0.39 is 74.7 Å². The first kappa shape index (κ1) is 28.8. The molecular weight excluding hydrogens is 609 g/mol. The summed E-state index contributed by atoms with van der Waals surface area (Å²) in [6.45, 7) is -5.77. The first-order valence-corrected chi connectivity index (χ1v) is 14.8. The van der Waals surface area contributed by atoms with Crippen LogP contribution in [-0.2, 0) is 30.3 Å². The number of ether oxygens (including phenoxy) is 2. The van der Waals surface area contributed by atoms with Crippen molar-refractivity contribution in [3.05, 3.63) is 29.3 Å². The van der Waals surface area contributed by atoms with Crippen LogP contribution in [0.25, 0.3) is 22.3 Å². The number of aliphatic hydroxyl groups is 2. The van der Waals surface area contributed by atoms with Crippen LogP contribution < -0.4 is 17.0 Å². The van der Waals surface area contributed by atoms with Crippen molar-refractivity contribution in [3.63, 3.8) is 0 Å². The SMILES string of the molecule is Nc1nc2c(ncn2[C@@H]2O[C@H](CO)[C@@H](F)C2OP(O)(=S)OC[C@H]2O[C@@H](n3cnc4c(N)ncnc43)[C@H](F)[C@@H]2O)c(=O)[nH]1. The number of fused-ring (bicyclic) bond motifs is 2. The van der Waals surface area contributed by atoms with Gasteiger partial charge in [-0.15, -0.1) is 0 Å². The molecule has 0 aromatic carbocycles. The van der Waals surface area contributed by atoms with Crippen LogP contribution in [0.3, 0.4) is 0 Å². The molecule has 0 radical (unpaired) electrons. The van der Waals surface area contributed by atoms with Gasteiger partial charge in [-0.2, -0.15) is 4.98 Å². The maximum atomic E-state index is 15.3. The summed E-state index contributed by atoms with van der Waals surface area (Å²) in [7, 11) is 0. The highest BCUT2D eigenvalue weighted by molar-refractivity contribution is 8.07. The summed E-state index contributed by atoms with van der Waals surface area (Å²) in [5.74, 6) is -0.195. The third kappa shape index (κ3) is 4.91. The van der Waals surface area contributed by atoms with Crippen LogP contribution in [0, 0.1) is 0 Å². The smallest absolute Gasteiger partial charge is 0.325 e. The van der Waals surface area contributed by atoms with Crippen molar-refractivity contribution >= 4 is 52.6 Å². The topological polar surface area (TPSA) is 257 Å². The number of nitrogens with zero attached hydrogens (tertiary/aromatic N) is 7. The predicted molar refractivity (Wildman–Crippen MR) is 140 cm³/mol. The van der Waals surface area contributed by atoms with Gasteiger partial charge in [0, 0.05) is 0 Å². The molecule has 22 heteroatoms. The minimum absolute atomic E-state index is 0.0595. The number of aromatic amines is 1. The van der Waals surface area contributed by atoms with Gasteiger partial charge in [-0.1, -0.05) is 0 Å². The van der Waals surface area contributed by atoms with Crippen molar-refractivity contribution in [1.82, 2.24) is 39.0 Å². The standard InChI is InChI=1S/C20H23F2N10O8PS/c21-8-6(1-33)38-19(32-5-28-11-16(32)29-20(24)30-17(11)35)13(8)40-41(36,42)37-2-7-12(34)9(22)18(39-7)31-4-27-10-14(23)25-3-26-15(10)31/h3-9,12-13,18-19,33-34H,1-2H2,(H,36,42)(H2,23,25,26)(H3,24,29,30,35)/t6-,7-,8-,9-,12-,13?,18-,19-,41?/m1/s1. The molecule has 9 atom stereocenters. The molecule has 226 valence electrons. The normalized spacial score (nSPS) is 31.3. The number of aliphatic hydroxyl groups excluding tert-OH is 2. The van der Waals surface area contributed by atoms with E-state index in [0.29, 0.717) is 0 Å². The maximum Gasteiger partial charge on any atom is 0.325 e. The third-order valence-electron chi connectivity index (χ3n) is 6.78. The molecule has 2 aliphatic heterocycles. The maximum absolute atomic E-state index is 15.3. The zero-order valence-electron chi connectivity index (χ0n) is 21.0. The monoisotopic (exact) mass is 632 g/mol. The van der Waals surface area contributed by atoms with Crippen LogP contribution in [0.5, 0.6) is 0 Å². The van der Waals surface area contributed by atoms with Gasteiger partial charge in [0.05, 0.1) is 25.9 Å². The van der Waals surface area contributed by atoms with Crippen LogP contribution in [-0.4, -0.2) is 104 Å². The molecule has 0 spiro atoms. The van der Waals surface area contributed by atoms with Gasteiger partial charge in [0.2, 0.25) is 5.95 Å². The largest absolute Gasteiger partial charge is 0.394 e. The first-order valence-electron chi connectivity index (χ1n) is 12.2. The van der Waals surface area contributed by atoms with Crippen LogP contribution in [0.4, 0.5) is 20.5 Å². The van der Waals surface area contributed by atoms with Crippen molar-refractivity contribution in [3.8, 4) is 0 Å². The third-order valence-corrected chi connectivity index (χ3v) is 8.34. The van der Waals surface area contributed by atoms with Crippen LogP contribution in [0.15, 0.2) is 23.8 Å². The molecule has 6 rings (SSSR count). The Morgan fingerprint density at radius 1 is 1.05 bits per heavy atom. The molecule has 0 amide bonds. The Labute approximate surface area is 237 Å². The van der Waals surface area contributed by atoms with Crippen LogP contribution >= 0.6 is 6.72 Å². The summed E-state index contributed by atoms with van der Waals surface area (Å²) >= 11 is 5.06. The predicted octanol–water partition coefficient (Wildman–Crippen LogP) is -1.43. The summed E-state index contributed by atoms with van der Waals surface area (Å²) in [5.41, 5.74) is 10.8. The van der Waals surface area contributed by atoms with E-state index in [1.165, 1.54) is 10.9 Å². The first-order chi connectivity index (χ1) is 20.0. The molecule has 0 bridgehead atoms. The molecule has 18 nitrogen and oxygen atoms in total. The number of aromatic nitrogens is 8. The number of nitrogens with one attached hydrogen (secondary N) is 1. The molecule has 2 unspecified atom stereocenters. The Bertz CT molecular complexity index is 1740. The molecule has 2 fully saturated rings. The molecular formula is C20H23F2N10O8PS. The van der Waals surface area contributed by atoms with Crippen LogP contribution in [0.2, 0.25) is 0 Å². The fourth-order valence-corrected chi connectivity index (χ4v) is 6.19. The zero-order chi connectivity index (χ0) is 29.9. The number of hydrogen-bond donors (Lipinski definition) is 6. The Morgan fingerprint density at radius 3 is 2.48 bits per heavy atom. The highest BCUT2D eigenvalue weighted by Gasteiger charge is 2.51. The number of nitrogens with two attached hydrogens (primary N) is 2. The van der Waals surface area contributed by atoms with E-state index in [4.69, 9.17) is 41.8 Å². The summed E-state index contributed by atoms with van der Waals surface area (Å²) in [6, 6.07) is 0. The summed E-state index contributed by atoms with van der Waals surface area (Å²) in [4.78, 5) is 45.1. The number of imidazole rings is 2. The highest BCUT2D eigenvalue weighted by Crippen LogP contribution is 2.51. The average Bonchev–Trinajstić information content (AvgIpc) is 3.69. The van der Waals surface area contributed by atoms with Gasteiger partial charge in [-0.25, -0.2) is 28.7 Å². The number of anilines is 2. The number of halogens is 2. The molecule has 0 aliphatic carbocycles. The van der Waals surface area contributed by atoms with Crippen molar-refractivity contribution in [2.75, 3.05) is 24.7 Å². The Balaban J connectivity index is 1.19. The van der Waals surface area contributed by atoms with Gasteiger partial charge in [0.25, 0.3) is 5.56 Å². The van der Waals surface area contributed by atoms with Crippen molar-refractivity contribution in [2.45, 2.75) is 49.2 Å². The van der Waals surface area contributed by atoms with E-state index in [2.05, 4.69) is 29.9 Å². The van der Waals surface area contributed by atoms with Crippen LogP contribution in [0.1, 0.15) is 12.5 Å². The average molecular weight is 633 g/mol. The molecule has 4 aromatic heterocycles. The zero-order valence-corrected chi connectivity index (χ0v) is 22.8. The molecule has 2 aliphatic rings. The quantitative estimate of drug-likeness (QED) is 0.122.